The number of esters is 1. The molecule has 0 radical (unpaired) electrons. The summed E-state index contributed by atoms with van der Waals surface area (Å²) in [4.78, 5) is 12.1. The Hall–Kier alpha value is -0.820. The van der Waals surface area contributed by atoms with Gasteiger partial charge in [0, 0.05) is 6.54 Å². The van der Waals surface area contributed by atoms with Gasteiger partial charge in [0.25, 0.3) is 0 Å². The van der Waals surface area contributed by atoms with Gasteiger partial charge in [0.2, 0.25) is 0 Å². The van der Waals surface area contributed by atoms with Crippen LogP contribution in [0.1, 0.15) is 19.8 Å². The van der Waals surface area contributed by atoms with Gasteiger partial charge in [0.05, 0.1) is 13.0 Å². The molecule has 4 nitrogen and oxygen atoms in total. The van der Waals surface area contributed by atoms with Crippen molar-refractivity contribution in [1.82, 2.24) is 4.90 Å². The van der Waals surface area contributed by atoms with Gasteiger partial charge in [-0.05, 0) is 26.9 Å². The van der Waals surface area contributed by atoms with Crippen molar-refractivity contribution in [2.24, 2.45) is 5.73 Å². The normalized spacial score (nSPS) is 13.8. The Morgan fingerprint density at radius 1 is 1.47 bits per heavy atom. The molecule has 0 heterocycles. The van der Waals surface area contributed by atoms with Crippen LogP contribution in [-0.2, 0) is 9.53 Å². The van der Waals surface area contributed by atoms with E-state index in [4.69, 9.17) is 5.73 Å². The van der Waals surface area contributed by atoms with Crippen LogP contribution in [0, 0.1) is 0 Å². The third-order valence-corrected chi connectivity index (χ3v) is 2.32. The molecule has 0 saturated heterocycles. The van der Waals surface area contributed by atoms with E-state index in [1.807, 2.05) is 0 Å². The number of carbonyl (C=O) groups excluding carboxylic acids is 1. The molecule has 0 aliphatic heterocycles. The Morgan fingerprint density at radius 3 is 2.47 bits per heavy atom. The van der Waals surface area contributed by atoms with Gasteiger partial charge in [-0.25, -0.2) is 0 Å². The molecule has 0 rings (SSSR count). The number of hydrogen-bond acceptors (Lipinski definition) is 4. The molecule has 0 spiro atoms. The quantitative estimate of drug-likeness (QED) is 0.694. The average Bonchev–Trinajstić information content (AvgIpc) is 2.21. The zero-order chi connectivity index (χ0) is 13.5. The Balaban J connectivity index is 4.24. The Kier molecular flexibility index (Phi) is 7.13. The molecule has 0 aliphatic carbocycles. The minimum atomic E-state index is -4.33. The summed E-state index contributed by atoms with van der Waals surface area (Å²) >= 11 is 0. The molecule has 102 valence electrons. The predicted molar refractivity (Wildman–Crippen MR) is 57.4 cm³/mol. The van der Waals surface area contributed by atoms with Crippen molar-refractivity contribution in [3.63, 3.8) is 0 Å². The Labute approximate surface area is 98.9 Å². The molecule has 0 aromatic heterocycles. The first-order valence-corrected chi connectivity index (χ1v) is 5.45. The summed E-state index contributed by atoms with van der Waals surface area (Å²) in [5.74, 6) is -0.493. The largest absolute Gasteiger partial charge is 0.466 e. The molecular formula is C10H19F3N2O2. The summed E-state index contributed by atoms with van der Waals surface area (Å²) in [6.07, 6.45) is -4.56. The maximum absolute atomic E-state index is 12.6. The summed E-state index contributed by atoms with van der Waals surface area (Å²) in [7, 11) is 1.33. The third-order valence-electron chi connectivity index (χ3n) is 2.32. The van der Waals surface area contributed by atoms with Crippen LogP contribution in [0.4, 0.5) is 13.2 Å². The highest BCUT2D eigenvalue weighted by Crippen LogP contribution is 2.26. The van der Waals surface area contributed by atoms with Gasteiger partial charge in [0.15, 0.2) is 0 Å². The van der Waals surface area contributed by atoms with Crippen LogP contribution in [0.15, 0.2) is 0 Å². The summed E-state index contributed by atoms with van der Waals surface area (Å²) < 4.78 is 42.5. The molecule has 0 fully saturated rings. The zero-order valence-corrected chi connectivity index (χ0v) is 10.1. The monoisotopic (exact) mass is 256 g/mol. The highest BCUT2D eigenvalue weighted by atomic mass is 19.4. The van der Waals surface area contributed by atoms with E-state index in [2.05, 4.69) is 4.74 Å². The lowest BCUT2D eigenvalue weighted by atomic mass is 10.1. The highest BCUT2D eigenvalue weighted by molar-refractivity contribution is 5.69. The Bertz CT molecular complexity index is 234. The van der Waals surface area contributed by atoms with Crippen molar-refractivity contribution < 1.29 is 22.7 Å². The first-order valence-electron chi connectivity index (χ1n) is 5.45. The molecule has 0 amide bonds. The molecular weight excluding hydrogens is 237 g/mol. The minimum absolute atomic E-state index is 0.00299. The fourth-order valence-electron chi connectivity index (χ4n) is 1.45. The second kappa shape index (κ2) is 7.50. The lowest BCUT2D eigenvalue weighted by molar-refractivity contribution is -0.182. The van der Waals surface area contributed by atoms with Crippen molar-refractivity contribution in [2.45, 2.75) is 32.0 Å². The zero-order valence-electron chi connectivity index (χ0n) is 10.1. The van der Waals surface area contributed by atoms with Crippen LogP contribution in [0.25, 0.3) is 0 Å². The number of hydrogen-bond donors (Lipinski definition) is 1. The molecule has 1 atom stereocenters. The van der Waals surface area contributed by atoms with E-state index in [0.29, 0.717) is 0 Å². The lowest BCUT2D eigenvalue weighted by Gasteiger charge is -2.29. The standard InChI is InChI=1S/C10H19F3N2O2/c1-3-17-9(16)5-7-15(2)8(4-6-14)10(11,12)13/h8H,3-7,14H2,1-2H3. The molecule has 0 aromatic rings. The van der Waals surface area contributed by atoms with Crippen LogP contribution >= 0.6 is 0 Å². The first kappa shape index (κ1) is 16.2. The smallest absolute Gasteiger partial charge is 0.404 e. The number of nitrogens with two attached hydrogens (primary N) is 1. The van der Waals surface area contributed by atoms with Crippen LogP contribution in [0.2, 0.25) is 0 Å². The second-order valence-electron chi connectivity index (χ2n) is 3.67. The predicted octanol–water partition coefficient (Wildman–Crippen LogP) is 1.15. The molecule has 0 bridgehead atoms. The van der Waals surface area contributed by atoms with Gasteiger partial charge in [-0.3, -0.25) is 9.69 Å². The van der Waals surface area contributed by atoms with Gasteiger partial charge < -0.3 is 10.5 Å². The lowest BCUT2D eigenvalue weighted by Crippen LogP contribution is -2.45. The third kappa shape index (κ3) is 6.48. The van der Waals surface area contributed by atoms with Crippen molar-refractivity contribution in [1.29, 1.82) is 0 Å². The van der Waals surface area contributed by atoms with Gasteiger partial charge in [0.1, 0.15) is 6.04 Å². The molecule has 17 heavy (non-hydrogen) atoms. The number of carbonyl (C=O) groups is 1. The number of halogens is 3. The van der Waals surface area contributed by atoms with E-state index in [9.17, 15) is 18.0 Å². The van der Waals surface area contributed by atoms with E-state index in [0.717, 1.165) is 4.90 Å². The van der Waals surface area contributed by atoms with Crippen LogP contribution in [0.3, 0.4) is 0 Å². The topological polar surface area (TPSA) is 55.6 Å². The van der Waals surface area contributed by atoms with E-state index < -0.39 is 18.2 Å². The van der Waals surface area contributed by atoms with Crippen LogP contribution in [-0.4, -0.2) is 49.8 Å². The summed E-state index contributed by atoms with van der Waals surface area (Å²) in [6.45, 7) is 1.83. The number of nitrogens with zero attached hydrogens (tertiary/aromatic N) is 1. The maximum atomic E-state index is 12.6. The fourth-order valence-corrected chi connectivity index (χ4v) is 1.45. The summed E-state index contributed by atoms with van der Waals surface area (Å²) in [6, 6.07) is -1.61. The van der Waals surface area contributed by atoms with Gasteiger partial charge in [-0.2, -0.15) is 13.2 Å². The molecule has 0 saturated carbocycles. The maximum Gasteiger partial charge on any atom is 0.404 e. The molecule has 1 unspecified atom stereocenters. The van der Waals surface area contributed by atoms with Crippen molar-refractivity contribution in [3.8, 4) is 0 Å². The summed E-state index contributed by atoms with van der Waals surface area (Å²) in [5, 5.41) is 0. The van der Waals surface area contributed by atoms with Gasteiger partial charge in [-0.1, -0.05) is 0 Å². The molecule has 7 heteroatoms. The SMILES string of the molecule is CCOC(=O)CCN(C)C(CCN)C(F)(F)F. The first-order chi connectivity index (χ1) is 7.82. The molecule has 2 N–H and O–H groups in total. The fraction of sp³-hybridized carbons (Fsp3) is 0.900. The van der Waals surface area contributed by atoms with Crippen LogP contribution < -0.4 is 5.73 Å². The molecule has 0 aromatic carbocycles. The average molecular weight is 256 g/mol. The number of ether oxygens (including phenoxy) is 1. The minimum Gasteiger partial charge on any atom is -0.466 e. The summed E-state index contributed by atoms with van der Waals surface area (Å²) in [5.41, 5.74) is 5.15. The Morgan fingerprint density at radius 2 is 2.06 bits per heavy atom. The second-order valence-corrected chi connectivity index (χ2v) is 3.67. The molecule has 0 aliphatic rings. The van der Waals surface area contributed by atoms with E-state index in [-0.39, 0.29) is 32.5 Å². The van der Waals surface area contributed by atoms with Gasteiger partial charge in [-0.15, -0.1) is 0 Å². The van der Waals surface area contributed by atoms with Gasteiger partial charge >= 0.3 is 12.1 Å². The van der Waals surface area contributed by atoms with Crippen molar-refractivity contribution in [2.75, 3.05) is 26.7 Å². The highest BCUT2D eigenvalue weighted by Gasteiger charge is 2.41. The number of alkyl halides is 3. The van der Waals surface area contributed by atoms with Crippen molar-refractivity contribution in [3.05, 3.63) is 0 Å². The van der Waals surface area contributed by atoms with Crippen LogP contribution in [0.5, 0.6) is 0 Å². The van der Waals surface area contributed by atoms with Crippen molar-refractivity contribution >= 4 is 5.97 Å². The van der Waals surface area contributed by atoms with E-state index >= 15 is 0 Å². The van der Waals surface area contributed by atoms with E-state index in [1.165, 1.54) is 7.05 Å². The number of rotatable bonds is 7. The van der Waals surface area contributed by atoms with E-state index in [1.54, 1.807) is 6.92 Å².